The molecule has 0 saturated carbocycles. The van der Waals surface area contributed by atoms with E-state index in [1.54, 1.807) is 0 Å². The lowest BCUT2D eigenvalue weighted by Crippen LogP contribution is -2.00. The van der Waals surface area contributed by atoms with Crippen LogP contribution in [0.1, 0.15) is 98.8 Å². The molecule has 0 aliphatic rings. The third-order valence-electron chi connectivity index (χ3n) is 4.67. The highest BCUT2D eigenvalue weighted by atomic mass is 16.1. The van der Waals surface area contributed by atoms with E-state index in [2.05, 4.69) is 34.6 Å². The third-order valence-corrected chi connectivity index (χ3v) is 4.67. The van der Waals surface area contributed by atoms with Crippen molar-refractivity contribution in [3.05, 3.63) is 11.6 Å². The molecule has 2 unspecified atom stereocenters. The Labute approximate surface area is 140 Å². The van der Waals surface area contributed by atoms with Gasteiger partial charge in [-0.15, -0.1) is 0 Å². The molecule has 0 bridgehead atoms. The first-order chi connectivity index (χ1) is 10.5. The Balaban J connectivity index is 3.56. The molecule has 0 aliphatic carbocycles. The van der Waals surface area contributed by atoms with Gasteiger partial charge in [-0.2, -0.15) is 0 Å². The molecule has 0 rings (SSSR count). The number of allylic oxidation sites excluding steroid dienone is 2. The molecule has 0 aromatic rings. The normalized spacial score (nSPS) is 15.1. The predicted molar refractivity (Wildman–Crippen MR) is 98.8 cm³/mol. The summed E-state index contributed by atoms with van der Waals surface area (Å²) in [5, 5.41) is 0. The van der Waals surface area contributed by atoms with Crippen molar-refractivity contribution in [3.63, 3.8) is 0 Å². The summed E-state index contributed by atoms with van der Waals surface area (Å²) in [5.74, 6) is 2.60. The molecule has 1 heteroatoms. The van der Waals surface area contributed by atoms with Gasteiger partial charge in [0.1, 0.15) is 0 Å². The maximum Gasteiger partial charge on any atom is 0.202 e. The van der Waals surface area contributed by atoms with Crippen LogP contribution in [-0.4, -0.2) is 6.29 Å². The lowest BCUT2D eigenvalue weighted by atomic mass is 9.91. The summed E-state index contributed by atoms with van der Waals surface area (Å²) < 4.78 is 0. The van der Waals surface area contributed by atoms with E-state index < -0.39 is 0 Å². The first-order valence-electron chi connectivity index (χ1n) is 9.46. The van der Waals surface area contributed by atoms with Crippen LogP contribution in [0.3, 0.4) is 0 Å². The lowest BCUT2D eigenvalue weighted by Gasteiger charge is -2.15. The van der Waals surface area contributed by atoms with Crippen molar-refractivity contribution in [1.29, 1.82) is 0 Å². The standard InChI is InChI=1S/C21H39O/c1-18(2)10-6-11-19(3)12-7-13-20(4)14-8-15-21(5)16-9-17-22/h16,18-20H,6-15H2,1-5H3/b21-16+. The molecule has 0 saturated heterocycles. The molecular formula is C21H39O. The molecule has 0 amide bonds. The second-order valence-corrected chi connectivity index (χ2v) is 7.76. The van der Waals surface area contributed by atoms with Crippen LogP contribution in [0.2, 0.25) is 0 Å². The molecule has 0 aromatic heterocycles. The monoisotopic (exact) mass is 307 g/mol. The summed E-state index contributed by atoms with van der Waals surface area (Å²) in [5.41, 5.74) is 1.34. The van der Waals surface area contributed by atoms with Crippen LogP contribution in [0.4, 0.5) is 0 Å². The molecule has 22 heavy (non-hydrogen) atoms. The van der Waals surface area contributed by atoms with Gasteiger partial charge in [-0.3, -0.25) is 4.79 Å². The van der Waals surface area contributed by atoms with Gasteiger partial charge in [-0.25, -0.2) is 0 Å². The van der Waals surface area contributed by atoms with Gasteiger partial charge in [0.25, 0.3) is 0 Å². The Kier molecular flexibility index (Phi) is 13.7. The molecule has 0 aliphatic heterocycles. The van der Waals surface area contributed by atoms with Crippen LogP contribution in [0.15, 0.2) is 11.6 Å². The summed E-state index contributed by atoms with van der Waals surface area (Å²) in [6, 6.07) is 0. The van der Waals surface area contributed by atoms with E-state index in [4.69, 9.17) is 0 Å². The minimum absolute atomic E-state index is 0.454. The van der Waals surface area contributed by atoms with E-state index in [0.29, 0.717) is 6.42 Å². The van der Waals surface area contributed by atoms with Crippen molar-refractivity contribution in [2.75, 3.05) is 0 Å². The first kappa shape index (κ1) is 21.4. The number of rotatable bonds is 14. The summed E-state index contributed by atoms with van der Waals surface area (Å²) in [6.45, 7) is 11.6. The summed E-state index contributed by atoms with van der Waals surface area (Å²) >= 11 is 0. The average molecular weight is 308 g/mol. The lowest BCUT2D eigenvalue weighted by molar-refractivity contribution is 0.389. The Morgan fingerprint density at radius 1 is 0.864 bits per heavy atom. The van der Waals surface area contributed by atoms with Gasteiger partial charge >= 0.3 is 0 Å². The van der Waals surface area contributed by atoms with E-state index in [0.717, 1.165) is 24.2 Å². The molecule has 1 nitrogen and oxygen atoms in total. The van der Waals surface area contributed by atoms with Crippen molar-refractivity contribution in [2.24, 2.45) is 17.8 Å². The van der Waals surface area contributed by atoms with Gasteiger partial charge in [-0.05, 0) is 37.5 Å². The van der Waals surface area contributed by atoms with Gasteiger partial charge in [0.2, 0.25) is 6.29 Å². The zero-order chi connectivity index (χ0) is 16.8. The SMILES string of the molecule is C/C(=C\C[C]=O)CCCC(C)CCCC(C)CCCC(C)C. The second-order valence-electron chi connectivity index (χ2n) is 7.76. The molecule has 0 fully saturated rings. The molecular weight excluding hydrogens is 268 g/mol. The third kappa shape index (κ3) is 14.4. The van der Waals surface area contributed by atoms with Crippen LogP contribution in [0.5, 0.6) is 0 Å². The van der Waals surface area contributed by atoms with Gasteiger partial charge in [0, 0.05) is 6.42 Å². The second kappa shape index (κ2) is 14.0. The van der Waals surface area contributed by atoms with Crippen LogP contribution < -0.4 is 0 Å². The largest absolute Gasteiger partial charge is 0.291 e. The fourth-order valence-electron chi connectivity index (χ4n) is 3.03. The van der Waals surface area contributed by atoms with Crippen LogP contribution >= 0.6 is 0 Å². The zero-order valence-corrected chi connectivity index (χ0v) is 15.8. The smallest absolute Gasteiger partial charge is 0.202 e. The summed E-state index contributed by atoms with van der Waals surface area (Å²) in [4.78, 5) is 10.2. The molecule has 0 heterocycles. The Bertz CT molecular complexity index is 290. The molecule has 1 radical (unpaired) electrons. The average Bonchev–Trinajstić information content (AvgIpc) is 2.44. The minimum Gasteiger partial charge on any atom is -0.291 e. The van der Waals surface area contributed by atoms with Crippen molar-refractivity contribution in [1.82, 2.24) is 0 Å². The Morgan fingerprint density at radius 2 is 1.36 bits per heavy atom. The fraction of sp³-hybridized carbons (Fsp3) is 0.857. The predicted octanol–water partition coefficient (Wildman–Crippen LogP) is 6.87. The van der Waals surface area contributed by atoms with Crippen LogP contribution in [0.25, 0.3) is 0 Å². The van der Waals surface area contributed by atoms with Crippen molar-refractivity contribution in [3.8, 4) is 0 Å². The highest BCUT2D eigenvalue weighted by Gasteiger charge is 2.06. The summed E-state index contributed by atoms with van der Waals surface area (Å²) in [6.07, 6.45) is 16.5. The number of carbonyl (C=O) groups excluding carboxylic acids is 1. The molecule has 0 N–H and O–H groups in total. The van der Waals surface area contributed by atoms with Gasteiger partial charge in [0.15, 0.2) is 0 Å². The number of hydrogen-bond acceptors (Lipinski definition) is 1. The highest BCUT2D eigenvalue weighted by Crippen LogP contribution is 2.22. The van der Waals surface area contributed by atoms with E-state index >= 15 is 0 Å². The van der Waals surface area contributed by atoms with Crippen LogP contribution in [-0.2, 0) is 4.79 Å². The fourth-order valence-corrected chi connectivity index (χ4v) is 3.03. The number of hydrogen-bond donors (Lipinski definition) is 0. The van der Waals surface area contributed by atoms with E-state index in [9.17, 15) is 4.79 Å². The summed E-state index contributed by atoms with van der Waals surface area (Å²) in [7, 11) is 0. The highest BCUT2D eigenvalue weighted by molar-refractivity contribution is 5.53. The first-order valence-corrected chi connectivity index (χ1v) is 9.46. The Hall–Kier alpha value is -0.590. The van der Waals surface area contributed by atoms with Crippen molar-refractivity contribution in [2.45, 2.75) is 98.8 Å². The van der Waals surface area contributed by atoms with E-state index in [1.807, 2.05) is 12.4 Å². The minimum atomic E-state index is 0.454. The molecule has 0 aromatic carbocycles. The van der Waals surface area contributed by atoms with Crippen molar-refractivity contribution < 1.29 is 4.79 Å². The molecule has 2 atom stereocenters. The quantitative estimate of drug-likeness (QED) is 0.320. The maximum atomic E-state index is 10.2. The van der Waals surface area contributed by atoms with Crippen molar-refractivity contribution >= 4 is 6.29 Å². The van der Waals surface area contributed by atoms with Gasteiger partial charge < -0.3 is 0 Å². The molecule has 129 valence electrons. The van der Waals surface area contributed by atoms with Gasteiger partial charge in [-0.1, -0.05) is 84.3 Å². The zero-order valence-electron chi connectivity index (χ0n) is 15.8. The van der Waals surface area contributed by atoms with Gasteiger partial charge in [0.05, 0.1) is 0 Å². The topological polar surface area (TPSA) is 17.1 Å². The van der Waals surface area contributed by atoms with E-state index in [-0.39, 0.29) is 0 Å². The Morgan fingerprint density at radius 3 is 1.86 bits per heavy atom. The maximum absolute atomic E-state index is 10.2. The van der Waals surface area contributed by atoms with E-state index in [1.165, 1.54) is 56.9 Å². The van der Waals surface area contributed by atoms with Crippen LogP contribution in [0, 0.1) is 17.8 Å². The molecule has 0 spiro atoms.